The van der Waals surface area contributed by atoms with E-state index >= 15 is 0 Å². The summed E-state index contributed by atoms with van der Waals surface area (Å²) in [4.78, 5) is 34.7. The topological polar surface area (TPSA) is 134 Å². The van der Waals surface area contributed by atoms with Crippen molar-refractivity contribution in [2.24, 2.45) is 0 Å². The molecule has 3 rings (SSSR count). The summed E-state index contributed by atoms with van der Waals surface area (Å²) in [7, 11) is -4.86. The number of carbonyl (C=O) groups is 2. The number of halogens is 1. The van der Waals surface area contributed by atoms with E-state index in [0.29, 0.717) is 0 Å². The normalized spacial score (nSPS) is 12.9. The number of hydrogen-bond donors (Lipinski definition) is 0. The van der Waals surface area contributed by atoms with Crippen molar-refractivity contribution in [3.8, 4) is 0 Å². The Labute approximate surface area is 168 Å². The number of carbonyl (C=O) groups excluding carboxylic acids is 2. The van der Waals surface area contributed by atoms with Gasteiger partial charge in [-0.15, -0.1) is 0 Å². The molecule has 2 aromatic carbocycles. The van der Waals surface area contributed by atoms with Crippen molar-refractivity contribution in [1.29, 1.82) is 0 Å². The molecule has 122 valence electrons. The van der Waals surface area contributed by atoms with Gasteiger partial charge in [0.1, 0.15) is 15.7 Å². The van der Waals surface area contributed by atoms with Gasteiger partial charge in [0.05, 0.1) is 20.4 Å². The zero-order valence-corrected chi connectivity index (χ0v) is 16.1. The first kappa shape index (κ1) is 19.7. The quantitative estimate of drug-likeness (QED) is 0.236. The number of nitro groups is 1. The summed E-state index contributed by atoms with van der Waals surface area (Å²) < 4.78 is 33.3. The summed E-state index contributed by atoms with van der Waals surface area (Å²) in [6.45, 7) is 0. The monoisotopic (exact) mass is 389 g/mol. The van der Waals surface area contributed by atoms with E-state index in [1.807, 2.05) is 0 Å². The Kier molecular flexibility index (Phi) is 5.20. The predicted octanol–water partition coefficient (Wildman–Crippen LogP) is -1.07. The van der Waals surface area contributed by atoms with Crippen molar-refractivity contribution in [3.63, 3.8) is 0 Å². The first-order valence-corrected chi connectivity index (χ1v) is 8.08. The van der Waals surface area contributed by atoms with Crippen LogP contribution in [0.3, 0.4) is 0 Å². The van der Waals surface area contributed by atoms with Gasteiger partial charge in [0.2, 0.25) is 5.78 Å². The fourth-order valence-electron chi connectivity index (χ4n) is 2.50. The maximum absolute atomic E-state index is 12.6. The molecule has 0 fully saturated rings. The second-order valence-corrected chi connectivity index (χ2v) is 6.68. The minimum absolute atomic E-state index is 0. The summed E-state index contributed by atoms with van der Waals surface area (Å²) >= 11 is 5.91. The molecule has 25 heavy (non-hydrogen) atoms. The summed E-state index contributed by atoms with van der Waals surface area (Å²) in [6, 6.07) is 4.75. The van der Waals surface area contributed by atoms with Crippen molar-refractivity contribution < 1.29 is 57.0 Å². The van der Waals surface area contributed by atoms with Crippen molar-refractivity contribution in [3.05, 3.63) is 67.7 Å². The van der Waals surface area contributed by atoms with E-state index in [9.17, 15) is 32.7 Å². The van der Waals surface area contributed by atoms with Crippen LogP contribution < -0.4 is 29.6 Å². The third-order valence-corrected chi connectivity index (χ3v) is 4.70. The van der Waals surface area contributed by atoms with Gasteiger partial charge in [-0.2, -0.15) is 0 Å². The molecular weight excluding hydrogens is 385 g/mol. The zero-order valence-electron chi connectivity index (χ0n) is 12.5. The Morgan fingerprint density at radius 2 is 1.56 bits per heavy atom. The molecule has 0 spiro atoms. The smallest absolute Gasteiger partial charge is 0.744 e. The van der Waals surface area contributed by atoms with E-state index in [0.717, 1.165) is 30.3 Å². The second kappa shape index (κ2) is 6.60. The van der Waals surface area contributed by atoms with Crippen LogP contribution in [0.1, 0.15) is 31.8 Å². The number of nitro benzene ring substituents is 1. The van der Waals surface area contributed by atoms with Crippen LogP contribution in [0.4, 0.5) is 5.69 Å². The van der Waals surface area contributed by atoms with E-state index in [1.54, 1.807) is 0 Å². The minimum atomic E-state index is -4.86. The second-order valence-electron chi connectivity index (χ2n) is 4.89. The van der Waals surface area contributed by atoms with Crippen LogP contribution in [0.25, 0.3) is 0 Å². The summed E-state index contributed by atoms with van der Waals surface area (Å²) in [5.74, 6) is -1.71. The number of rotatable bonds is 2. The Bertz CT molecular complexity index is 1070. The first-order chi connectivity index (χ1) is 11.1. The molecule has 0 bridgehead atoms. The molecule has 0 N–H and O–H groups in total. The Morgan fingerprint density at radius 1 is 0.960 bits per heavy atom. The maximum atomic E-state index is 12.6. The standard InChI is InChI=1S/C14H6ClNO7S.Na/c15-9-3-4-10(16(19)20)12-11(9)13(17)7-2-1-6(24(21,22)23)5-8(7)14(12)18;/h1-5H,(H,21,22,23);/q;+1/p-1. The van der Waals surface area contributed by atoms with E-state index in [2.05, 4.69) is 0 Å². The number of benzene rings is 2. The van der Waals surface area contributed by atoms with Gasteiger partial charge < -0.3 is 4.55 Å². The first-order valence-electron chi connectivity index (χ1n) is 6.29. The fourth-order valence-corrected chi connectivity index (χ4v) is 3.24. The number of fused-ring (bicyclic) bond motifs is 2. The van der Waals surface area contributed by atoms with Crippen LogP contribution in [-0.4, -0.2) is 29.5 Å². The van der Waals surface area contributed by atoms with Crippen molar-refractivity contribution in [1.82, 2.24) is 0 Å². The van der Waals surface area contributed by atoms with Crippen molar-refractivity contribution in [2.75, 3.05) is 0 Å². The summed E-state index contributed by atoms with van der Waals surface area (Å²) in [6.07, 6.45) is 0. The zero-order chi connectivity index (χ0) is 17.8. The summed E-state index contributed by atoms with van der Waals surface area (Å²) in [5.41, 5.74) is -2.04. The number of nitrogens with zero attached hydrogens (tertiary/aromatic N) is 1. The predicted molar refractivity (Wildman–Crippen MR) is 79.4 cm³/mol. The number of hydrogen-bond acceptors (Lipinski definition) is 7. The molecule has 2 aromatic rings. The third-order valence-electron chi connectivity index (χ3n) is 3.55. The van der Waals surface area contributed by atoms with Crippen LogP contribution in [0, 0.1) is 10.1 Å². The molecule has 0 aliphatic heterocycles. The van der Waals surface area contributed by atoms with Gasteiger partial charge in [-0.05, 0) is 24.3 Å². The van der Waals surface area contributed by atoms with Gasteiger partial charge in [0, 0.05) is 17.2 Å². The molecule has 0 aromatic heterocycles. The van der Waals surface area contributed by atoms with Crippen molar-refractivity contribution >= 4 is 39.0 Å². The van der Waals surface area contributed by atoms with Gasteiger partial charge in [0.25, 0.3) is 5.69 Å². The molecule has 0 saturated carbocycles. The van der Waals surface area contributed by atoms with Crippen LogP contribution >= 0.6 is 11.6 Å². The van der Waals surface area contributed by atoms with Crippen LogP contribution in [0.2, 0.25) is 5.02 Å². The third kappa shape index (κ3) is 3.14. The Balaban J connectivity index is 0.00000225. The maximum Gasteiger partial charge on any atom is 1.00 e. The molecule has 0 amide bonds. The van der Waals surface area contributed by atoms with Gasteiger partial charge in [-0.25, -0.2) is 8.42 Å². The van der Waals surface area contributed by atoms with Crippen LogP contribution in [0.15, 0.2) is 35.2 Å². The SMILES string of the molecule is O=C1c2ccc(S(=O)(=O)[O-])cc2C(=O)c2c([N+](=O)[O-])ccc(Cl)c21.[Na+]. The summed E-state index contributed by atoms with van der Waals surface area (Å²) in [5, 5.41) is 11.0. The van der Waals surface area contributed by atoms with E-state index in [1.165, 1.54) is 0 Å². The van der Waals surface area contributed by atoms with Crippen LogP contribution in [0.5, 0.6) is 0 Å². The van der Waals surface area contributed by atoms with Gasteiger partial charge in [0.15, 0.2) is 5.78 Å². The number of ketones is 2. The molecule has 0 atom stereocenters. The van der Waals surface area contributed by atoms with Crippen molar-refractivity contribution in [2.45, 2.75) is 4.90 Å². The molecule has 0 saturated heterocycles. The molecule has 1 aliphatic carbocycles. The molecular formula is C14H5ClNNaO7S. The van der Waals surface area contributed by atoms with Gasteiger partial charge in [-0.1, -0.05) is 11.6 Å². The Morgan fingerprint density at radius 3 is 2.12 bits per heavy atom. The fraction of sp³-hybridized carbons (Fsp3) is 0. The molecule has 8 nitrogen and oxygen atoms in total. The average Bonchev–Trinajstić information content (AvgIpc) is 2.50. The molecule has 11 heteroatoms. The average molecular weight is 390 g/mol. The van der Waals surface area contributed by atoms with E-state index in [4.69, 9.17) is 11.6 Å². The Hall–Kier alpha value is -1.62. The molecule has 0 heterocycles. The minimum Gasteiger partial charge on any atom is -0.744 e. The van der Waals surface area contributed by atoms with Gasteiger partial charge in [-0.3, -0.25) is 19.7 Å². The molecule has 0 radical (unpaired) electrons. The molecule has 0 unspecified atom stereocenters. The molecule has 1 aliphatic rings. The van der Waals surface area contributed by atoms with E-state index < -0.39 is 48.3 Å². The van der Waals surface area contributed by atoms with Gasteiger partial charge >= 0.3 is 29.6 Å². The van der Waals surface area contributed by atoms with Crippen LogP contribution in [-0.2, 0) is 10.1 Å². The van der Waals surface area contributed by atoms with E-state index in [-0.39, 0.29) is 45.7 Å². The largest absolute Gasteiger partial charge is 1.00 e.